The van der Waals surface area contributed by atoms with Crippen molar-refractivity contribution in [3.05, 3.63) is 6.92 Å². The van der Waals surface area contributed by atoms with Crippen LogP contribution in [0, 0.1) is 38.0 Å². The van der Waals surface area contributed by atoms with E-state index in [1.807, 2.05) is 0 Å². The van der Waals surface area contributed by atoms with Gasteiger partial charge in [0.05, 0.1) is 0 Å². The van der Waals surface area contributed by atoms with E-state index in [0.717, 1.165) is 0 Å². The Kier molecular flexibility index (Phi) is 147. The van der Waals surface area contributed by atoms with E-state index in [9.17, 15) is 4.39 Å². The zero-order valence-electron chi connectivity index (χ0n) is 5.98. The number of thiocarbonyl (C=S) groups is 1. The first-order valence-electron chi connectivity index (χ1n) is 2.86. The zero-order valence-corrected chi connectivity index (χ0v) is 11.0. The van der Waals surface area contributed by atoms with Gasteiger partial charge in [-0.15, -0.1) is 6.54 Å². The summed E-state index contributed by atoms with van der Waals surface area (Å²) in [6, 6.07) is 0. The van der Waals surface area contributed by atoms with Crippen molar-refractivity contribution in [1.82, 2.24) is 0 Å². The third-order valence-electron chi connectivity index (χ3n) is 0.354. The molecule has 1 aliphatic rings. The smallest absolute Gasteiger partial charge is 0.149 e. The topological polar surface area (TPSA) is 26.0 Å². The summed E-state index contributed by atoms with van der Waals surface area (Å²) < 4.78 is 9.98. The average Bonchev–Trinajstić information content (AvgIpc) is 2.48. The third-order valence-corrected chi connectivity index (χ3v) is 0.354. The minimum absolute atomic E-state index is 0. The molecule has 0 radical (unpaired) electrons. The van der Waals surface area contributed by atoms with Crippen molar-refractivity contribution in [3.63, 3.8) is 0 Å². The van der Waals surface area contributed by atoms with Crippen molar-refractivity contribution in [2.24, 2.45) is 5.73 Å². The molecule has 13 heavy (non-hydrogen) atoms. The van der Waals surface area contributed by atoms with Gasteiger partial charge in [-0.05, 0) is 0 Å². The van der Waals surface area contributed by atoms with Crippen LogP contribution in [0.4, 0.5) is 4.39 Å². The van der Waals surface area contributed by atoms with Crippen molar-refractivity contribution in [3.8, 4) is 0 Å². The minimum Gasteiger partial charge on any atom is -0.360 e. The Morgan fingerprint density at radius 1 is 1.23 bits per heavy atom. The van der Waals surface area contributed by atoms with E-state index in [4.69, 9.17) is 5.73 Å². The summed E-state index contributed by atoms with van der Waals surface area (Å²) in [5.74, 6) is 0. The molecule has 1 fully saturated rings. The molecule has 1 rings (SSSR count). The fourth-order valence-electron chi connectivity index (χ4n) is 0. The number of hydrogen-bond donors (Lipinski definition) is 1. The molecule has 1 aliphatic carbocycles. The van der Waals surface area contributed by atoms with E-state index < -0.39 is 0 Å². The Morgan fingerprint density at radius 2 is 1.31 bits per heavy atom. The molecule has 1 saturated carbocycles. The first kappa shape index (κ1) is 36.9. The molecule has 1 nitrogen and oxygen atoms in total. The van der Waals surface area contributed by atoms with Gasteiger partial charge >= 0.3 is 0 Å². The number of nitrogens with two attached hydrogens (primary N) is 1. The number of rotatable bonds is 0. The van der Waals surface area contributed by atoms with Gasteiger partial charge in [-0.3, -0.25) is 0 Å². The fraction of sp³-hybridized carbons (Fsp3) is 0.778. The van der Waals surface area contributed by atoms with Gasteiger partial charge in [0.1, 0.15) is 5.62 Å². The Hall–Kier alpha value is 1.03. The van der Waals surface area contributed by atoms with Crippen molar-refractivity contribution in [1.29, 1.82) is 0 Å². The standard InChI is InChI=1S/C3H6.C2H6N.CHFS.3CH4.U/c1-2-3-1;1-2-3;2-1-3;;;;/h2*1-3H2;1H;3*1H4;/q;-1;;;;;. The second-order valence-electron chi connectivity index (χ2n) is 1.44. The van der Waals surface area contributed by atoms with Crippen molar-refractivity contribution >= 4 is 17.8 Å². The van der Waals surface area contributed by atoms with Crippen LogP contribution in [-0.4, -0.2) is 12.2 Å². The van der Waals surface area contributed by atoms with Crippen molar-refractivity contribution in [2.75, 3.05) is 6.54 Å². The van der Waals surface area contributed by atoms with E-state index in [2.05, 4.69) is 19.1 Å². The molecule has 0 bridgehead atoms. The van der Waals surface area contributed by atoms with Gasteiger partial charge in [0.15, 0.2) is 0 Å². The van der Waals surface area contributed by atoms with Crippen LogP contribution < -0.4 is 5.73 Å². The van der Waals surface area contributed by atoms with Crippen LogP contribution in [0.2, 0.25) is 0 Å². The SMILES string of the molecule is C.C.C.C1CC1.FC=S.[CH2-]CN.[U]. The Labute approximate surface area is 113 Å². The maximum Gasteiger partial charge on any atom is 0.149 e. The quantitative estimate of drug-likeness (QED) is 0.356. The molecule has 0 aromatic rings. The van der Waals surface area contributed by atoms with Crippen LogP contribution in [0.5, 0.6) is 0 Å². The second-order valence-corrected chi connectivity index (χ2v) is 1.62. The van der Waals surface area contributed by atoms with Gasteiger partial charge < -0.3 is 12.7 Å². The van der Waals surface area contributed by atoms with Gasteiger partial charge in [-0.2, -0.15) is 0 Å². The summed E-state index contributed by atoms with van der Waals surface area (Å²) in [6.45, 7) is 3.76. The van der Waals surface area contributed by atoms with E-state index >= 15 is 0 Å². The van der Waals surface area contributed by atoms with Gasteiger partial charge in [0.25, 0.3) is 0 Å². The van der Waals surface area contributed by atoms with Gasteiger partial charge in [-0.1, -0.05) is 53.8 Å². The Bertz CT molecular complexity index is 52.1. The molecule has 4 heteroatoms. The molecule has 0 unspecified atom stereocenters. The molecular weight excluding hydrogens is 411 g/mol. The summed E-state index contributed by atoms with van der Waals surface area (Å²) in [6.07, 6.45) is 4.50. The first-order valence-corrected chi connectivity index (χ1v) is 3.33. The normalized spacial score (nSPS) is 7.92. The molecule has 0 saturated heterocycles. The molecular formula is C9H25FNSU-. The second kappa shape index (κ2) is 51.9. The monoisotopic (exact) mass is 436 g/mol. The molecule has 0 heterocycles. The van der Waals surface area contributed by atoms with Gasteiger partial charge in [0.2, 0.25) is 0 Å². The Morgan fingerprint density at radius 3 is 1.31 bits per heavy atom. The van der Waals surface area contributed by atoms with E-state index in [1.54, 1.807) is 0 Å². The first-order chi connectivity index (χ1) is 4.33. The van der Waals surface area contributed by atoms with E-state index in [0.29, 0.717) is 6.54 Å². The molecule has 0 amide bonds. The van der Waals surface area contributed by atoms with Crippen LogP contribution in [0.1, 0.15) is 41.5 Å². The predicted molar refractivity (Wildman–Crippen MR) is 63.2 cm³/mol. The maximum atomic E-state index is 9.98. The third kappa shape index (κ3) is 384. The molecule has 0 aliphatic heterocycles. The predicted octanol–water partition coefficient (Wildman–Crippen LogP) is 3.77. The van der Waals surface area contributed by atoms with Crippen molar-refractivity contribution < 1.29 is 35.5 Å². The summed E-state index contributed by atoms with van der Waals surface area (Å²) in [7, 11) is 0. The average molecular weight is 436 g/mol. The van der Waals surface area contributed by atoms with E-state index in [-0.39, 0.29) is 59.0 Å². The number of hydrogen-bond acceptors (Lipinski definition) is 2. The molecule has 0 aromatic heterocycles. The summed E-state index contributed by atoms with van der Waals surface area (Å²) in [4.78, 5) is 0. The molecule has 2 N–H and O–H groups in total. The Balaban J connectivity index is -0.0000000122. The van der Waals surface area contributed by atoms with Crippen LogP contribution in [0.25, 0.3) is 0 Å². The minimum atomic E-state index is 0. The maximum absolute atomic E-state index is 9.98. The van der Waals surface area contributed by atoms with Crippen LogP contribution in [0.3, 0.4) is 0 Å². The van der Waals surface area contributed by atoms with E-state index in [1.165, 1.54) is 19.3 Å². The molecule has 0 spiro atoms. The van der Waals surface area contributed by atoms with Crippen LogP contribution in [0.15, 0.2) is 0 Å². The summed E-state index contributed by atoms with van der Waals surface area (Å²) >= 11 is 3.60. The summed E-state index contributed by atoms with van der Waals surface area (Å²) in [5, 5.41) is 0. The largest absolute Gasteiger partial charge is 0.360 e. The fourth-order valence-corrected chi connectivity index (χ4v) is 0. The van der Waals surface area contributed by atoms with Crippen LogP contribution in [-0.2, 0) is 0 Å². The molecule has 84 valence electrons. The molecule has 0 atom stereocenters. The van der Waals surface area contributed by atoms with Crippen molar-refractivity contribution in [2.45, 2.75) is 41.5 Å². The summed E-state index contributed by atoms with van der Waals surface area (Å²) in [5.41, 5.74) is 4.82. The van der Waals surface area contributed by atoms with Gasteiger partial charge in [0, 0.05) is 31.1 Å². The van der Waals surface area contributed by atoms with Crippen LogP contribution >= 0.6 is 12.2 Å². The van der Waals surface area contributed by atoms with Gasteiger partial charge in [-0.25, -0.2) is 4.39 Å². The zero-order chi connectivity index (χ0) is 7.54. The number of halogens is 1. The molecule has 0 aromatic carbocycles.